The minimum Gasteiger partial charge on any atom is -0.480 e. The number of nitro groups is 1. The molecule has 3 rings (SSSR count). The van der Waals surface area contributed by atoms with E-state index in [0.29, 0.717) is 12.0 Å². The number of nitro benzene ring substituents is 1. The van der Waals surface area contributed by atoms with Crippen LogP contribution < -0.4 is 5.32 Å². The van der Waals surface area contributed by atoms with Crippen molar-refractivity contribution in [2.75, 3.05) is 5.32 Å². The van der Waals surface area contributed by atoms with E-state index in [2.05, 4.69) is 5.32 Å². The Kier molecular flexibility index (Phi) is 2.74. The molecule has 3 atom stereocenters. The number of nitrogens with one attached hydrogen (secondary N) is 1. The summed E-state index contributed by atoms with van der Waals surface area (Å²) >= 11 is 0. The van der Waals surface area contributed by atoms with Crippen LogP contribution in [0, 0.1) is 23.0 Å². The Hall–Kier alpha value is -2.37. The summed E-state index contributed by atoms with van der Waals surface area (Å²) in [6.45, 7) is 1.76. The first kappa shape index (κ1) is 12.7. The highest BCUT2D eigenvalue weighted by molar-refractivity contribution is 5.82. The fourth-order valence-corrected chi connectivity index (χ4v) is 3.22. The van der Waals surface area contributed by atoms with E-state index in [4.69, 9.17) is 0 Å². The number of carbonyl (C=O) groups is 1. The van der Waals surface area contributed by atoms with Crippen molar-refractivity contribution in [1.29, 1.82) is 0 Å². The minimum absolute atomic E-state index is 0.0517. The number of aryl methyl sites for hydroxylation is 1. The van der Waals surface area contributed by atoms with Crippen LogP contribution in [0.4, 0.5) is 11.4 Å². The van der Waals surface area contributed by atoms with Crippen molar-refractivity contribution in [2.24, 2.45) is 5.92 Å². The van der Waals surface area contributed by atoms with Gasteiger partial charge in [-0.25, -0.2) is 4.79 Å². The first-order valence-corrected chi connectivity index (χ1v) is 6.44. The van der Waals surface area contributed by atoms with E-state index >= 15 is 0 Å². The maximum Gasteiger partial charge on any atom is 0.326 e. The zero-order valence-electron chi connectivity index (χ0n) is 10.9. The minimum atomic E-state index is -0.882. The Balaban J connectivity index is 2.15. The summed E-state index contributed by atoms with van der Waals surface area (Å²) in [5.41, 5.74) is 2.30. The van der Waals surface area contributed by atoms with E-state index in [0.717, 1.165) is 11.3 Å². The van der Waals surface area contributed by atoms with Gasteiger partial charge in [-0.15, -0.1) is 0 Å². The number of aliphatic carboxylic acids is 1. The number of hydrogen-bond donors (Lipinski definition) is 2. The van der Waals surface area contributed by atoms with Crippen LogP contribution in [0.5, 0.6) is 0 Å². The third-order valence-electron chi connectivity index (χ3n) is 4.13. The SMILES string of the molecule is Cc1cc([N+](=O)[O-])cc2c1N[C@H](C(=O)O)[C@@H]1CC=C[C@H]21. The van der Waals surface area contributed by atoms with Gasteiger partial charge in [-0.05, 0) is 24.5 Å². The molecule has 0 saturated carbocycles. The van der Waals surface area contributed by atoms with Gasteiger partial charge >= 0.3 is 5.97 Å². The molecule has 2 N–H and O–H groups in total. The average molecular weight is 274 g/mol. The normalized spacial score (nSPS) is 26.6. The van der Waals surface area contributed by atoms with Gasteiger partial charge in [0.2, 0.25) is 0 Å². The van der Waals surface area contributed by atoms with Crippen molar-refractivity contribution in [3.63, 3.8) is 0 Å². The van der Waals surface area contributed by atoms with Crippen LogP contribution in [0.2, 0.25) is 0 Å². The summed E-state index contributed by atoms with van der Waals surface area (Å²) in [6.07, 6.45) is 4.59. The number of anilines is 1. The first-order chi connectivity index (χ1) is 9.49. The molecule has 6 nitrogen and oxygen atoms in total. The first-order valence-electron chi connectivity index (χ1n) is 6.44. The lowest BCUT2D eigenvalue weighted by molar-refractivity contribution is -0.385. The number of benzene rings is 1. The fraction of sp³-hybridized carbons (Fsp3) is 0.357. The highest BCUT2D eigenvalue weighted by Gasteiger charge is 2.41. The zero-order chi connectivity index (χ0) is 14.4. The van der Waals surface area contributed by atoms with Gasteiger partial charge in [0.05, 0.1) is 4.92 Å². The standard InChI is InChI=1S/C14H14N2O4/c1-7-5-8(16(19)20)6-11-9-3-2-4-10(9)13(14(17)18)15-12(7)11/h2-3,5-6,9-10,13,15H,4H2,1H3,(H,17,18)/t9-,10+,13-/m0/s1. The molecule has 0 saturated heterocycles. The summed E-state index contributed by atoms with van der Waals surface area (Å²) < 4.78 is 0. The van der Waals surface area contributed by atoms with E-state index in [1.807, 2.05) is 12.2 Å². The predicted molar refractivity (Wildman–Crippen MR) is 72.9 cm³/mol. The Morgan fingerprint density at radius 3 is 2.90 bits per heavy atom. The van der Waals surface area contributed by atoms with Gasteiger partial charge in [0.15, 0.2) is 0 Å². The molecule has 0 bridgehead atoms. The Labute approximate surface area is 115 Å². The van der Waals surface area contributed by atoms with Crippen molar-refractivity contribution >= 4 is 17.3 Å². The summed E-state index contributed by atoms with van der Waals surface area (Å²) in [7, 11) is 0. The maximum absolute atomic E-state index is 11.4. The summed E-state index contributed by atoms with van der Waals surface area (Å²) in [6, 6.07) is 2.38. The fourth-order valence-electron chi connectivity index (χ4n) is 3.22. The van der Waals surface area contributed by atoms with Crippen LogP contribution >= 0.6 is 0 Å². The van der Waals surface area contributed by atoms with Gasteiger partial charge in [-0.3, -0.25) is 10.1 Å². The largest absolute Gasteiger partial charge is 0.480 e. The number of carboxylic acid groups (broad SMARTS) is 1. The molecular formula is C14H14N2O4. The van der Waals surface area contributed by atoms with Crippen molar-refractivity contribution in [1.82, 2.24) is 0 Å². The van der Waals surface area contributed by atoms with Gasteiger partial charge in [0.1, 0.15) is 6.04 Å². The predicted octanol–water partition coefficient (Wildman–Crippen LogP) is 2.44. The third kappa shape index (κ3) is 1.76. The van der Waals surface area contributed by atoms with E-state index in [9.17, 15) is 20.0 Å². The molecule has 0 spiro atoms. The second-order valence-corrected chi connectivity index (χ2v) is 5.30. The van der Waals surface area contributed by atoms with Crippen LogP contribution in [-0.2, 0) is 4.79 Å². The maximum atomic E-state index is 11.4. The lowest BCUT2D eigenvalue weighted by Gasteiger charge is -2.35. The molecule has 0 amide bonds. The number of nitrogens with zero attached hydrogens (tertiary/aromatic N) is 1. The van der Waals surface area contributed by atoms with E-state index < -0.39 is 16.9 Å². The number of non-ortho nitro benzene ring substituents is 1. The Morgan fingerprint density at radius 1 is 1.50 bits per heavy atom. The summed E-state index contributed by atoms with van der Waals surface area (Å²) in [4.78, 5) is 22.0. The van der Waals surface area contributed by atoms with Crippen LogP contribution in [-0.4, -0.2) is 22.0 Å². The smallest absolute Gasteiger partial charge is 0.326 e. The van der Waals surface area contributed by atoms with Crippen LogP contribution in [0.25, 0.3) is 0 Å². The van der Waals surface area contributed by atoms with Crippen molar-refractivity contribution in [2.45, 2.75) is 25.3 Å². The van der Waals surface area contributed by atoms with Gasteiger partial charge in [0.25, 0.3) is 5.69 Å². The molecule has 1 aliphatic heterocycles. The molecule has 104 valence electrons. The number of allylic oxidation sites excluding steroid dienone is 2. The molecule has 0 fully saturated rings. The van der Waals surface area contributed by atoms with Crippen LogP contribution in [0.1, 0.15) is 23.5 Å². The number of hydrogen-bond acceptors (Lipinski definition) is 4. The molecule has 0 radical (unpaired) electrons. The second kappa shape index (κ2) is 4.33. The molecule has 0 aromatic heterocycles. The van der Waals surface area contributed by atoms with Gasteiger partial charge in [-0.1, -0.05) is 12.2 Å². The third-order valence-corrected chi connectivity index (χ3v) is 4.13. The van der Waals surface area contributed by atoms with Crippen molar-refractivity contribution in [3.8, 4) is 0 Å². The lowest BCUT2D eigenvalue weighted by atomic mass is 9.78. The molecule has 2 aliphatic rings. The highest BCUT2D eigenvalue weighted by Crippen LogP contribution is 2.46. The van der Waals surface area contributed by atoms with E-state index in [-0.39, 0.29) is 17.5 Å². The topological polar surface area (TPSA) is 92.5 Å². The highest BCUT2D eigenvalue weighted by atomic mass is 16.6. The summed E-state index contributed by atoms with van der Waals surface area (Å²) in [5, 5.41) is 23.4. The molecule has 1 aliphatic carbocycles. The number of fused-ring (bicyclic) bond motifs is 3. The van der Waals surface area contributed by atoms with Crippen molar-refractivity contribution in [3.05, 3.63) is 45.5 Å². The van der Waals surface area contributed by atoms with Crippen LogP contribution in [0.3, 0.4) is 0 Å². The Bertz CT molecular complexity index is 638. The molecular weight excluding hydrogens is 260 g/mol. The van der Waals surface area contributed by atoms with Crippen molar-refractivity contribution < 1.29 is 14.8 Å². The molecule has 1 heterocycles. The Morgan fingerprint density at radius 2 is 2.25 bits per heavy atom. The van der Waals surface area contributed by atoms with Gasteiger partial charge < -0.3 is 10.4 Å². The average Bonchev–Trinajstić information content (AvgIpc) is 2.86. The molecule has 1 aromatic rings. The van der Waals surface area contributed by atoms with Gasteiger partial charge in [0, 0.05) is 29.7 Å². The second-order valence-electron chi connectivity index (χ2n) is 5.30. The monoisotopic (exact) mass is 274 g/mol. The molecule has 20 heavy (non-hydrogen) atoms. The number of carboxylic acids is 1. The molecule has 6 heteroatoms. The number of rotatable bonds is 2. The zero-order valence-corrected chi connectivity index (χ0v) is 10.9. The molecule has 0 unspecified atom stereocenters. The molecule has 1 aromatic carbocycles. The van der Waals surface area contributed by atoms with E-state index in [1.54, 1.807) is 13.0 Å². The lowest BCUT2D eigenvalue weighted by Crippen LogP contribution is -2.42. The summed E-state index contributed by atoms with van der Waals surface area (Å²) in [5.74, 6) is -1.03. The van der Waals surface area contributed by atoms with Gasteiger partial charge in [-0.2, -0.15) is 0 Å². The van der Waals surface area contributed by atoms with Crippen LogP contribution in [0.15, 0.2) is 24.3 Å². The van der Waals surface area contributed by atoms with E-state index in [1.165, 1.54) is 6.07 Å². The quantitative estimate of drug-likeness (QED) is 0.491.